The summed E-state index contributed by atoms with van der Waals surface area (Å²) in [5.41, 5.74) is 1.75. The van der Waals surface area contributed by atoms with Crippen LogP contribution in [0.4, 0.5) is 10.1 Å². The Kier molecular flexibility index (Phi) is 9.48. The minimum Gasteiger partial charge on any atom is -0.352 e. The van der Waals surface area contributed by atoms with Gasteiger partial charge in [-0.15, -0.1) is 0 Å². The SMILES string of the molecule is Cc1ccc(S(=O)(=O)N(CC(=O)N(Cc2ccc(F)cc2)[C@H](C)C(=O)NC2CCCC2)c2ccc(Cl)cc2)cc1. The van der Waals surface area contributed by atoms with Gasteiger partial charge in [-0.25, -0.2) is 12.8 Å². The van der Waals surface area contributed by atoms with Gasteiger partial charge in [-0.2, -0.15) is 0 Å². The van der Waals surface area contributed by atoms with Gasteiger partial charge in [0.25, 0.3) is 10.0 Å². The fourth-order valence-electron chi connectivity index (χ4n) is 4.73. The molecule has 3 aromatic carbocycles. The van der Waals surface area contributed by atoms with Crippen molar-refractivity contribution in [2.45, 2.75) is 63.1 Å². The van der Waals surface area contributed by atoms with Crippen LogP contribution >= 0.6 is 11.6 Å². The lowest BCUT2D eigenvalue weighted by Crippen LogP contribution is -2.52. The molecule has 7 nitrogen and oxygen atoms in total. The molecule has 2 amide bonds. The number of amides is 2. The van der Waals surface area contributed by atoms with Gasteiger partial charge in [0.15, 0.2) is 0 Å². The molecule has 0 radical (unpaired) electrons. The first-order chi connectivity index (χ1) is 19.0. The van der Waals surface area contributed by atoms with E-state index in [1.165, 1.54) is 53.4 Å². The molecule has 3 aromatic rings. The van der Waals surface area contributed by atoms with E-state index >= 15 is 0 Å². The topological polar surface area (TPSA) is 86.8 Å². The van der Waals surface area contributed by atoms with Crippen LogP contribution in [0.15, 0.2) is 77.7 Å². The van der Waals surface area contributed by atoms with Crippen molar-refractivity contribution in [3.05, 3.63) is 94.8 Å². The van der Waals surface area contributed by atoms with Gasteiger partial charge >= 0.3 is 0 Å². The first-order valence-corrected chi connectivity index (χ1v) is 15.1. The average Bonchev–Trinajstić information content (AvgIpc) is 3.44. The molecule has 1 aliphatic carbocycles. The largest absolute Gasteiger partial charge is 0.352 e. The Balaban J connectivity index is 1.67. The molecular weight excluding hydrogens is 553 g/mol. The Bertz CT molecular complexity index is 1430. The minimum atomic E-state index is -4.16. The number of rotatable bonds is 10. The van der Waals surface area contributed by atoms with Crippen molar-refractivity contribution in [3.63, 3.8) is 0 Å². The predicted molar refractivity (Wildman–Crippen MR) is 154 cm³/mol. The second kappa shape index (κ2) is 12.8. The summed E-state index contributed by atoms with van der Waals surface area (Å²) in [6.07, 6.45) is 3.82. The molecule has 1 fully saturated rings. The Morgan fingerprint density at radius 3 is 2.17 bits per heavy atom. The van der Waals surface area contributed by atoms with Crippen LogP contribution in [0.3, 0.4) is 0 Å². The molecule has 0 aromatic heterocycles. The van der Waals surface area contributed by atoms with Gasteiger partial charge in [0.1, 0.15) is 18.4 Å². The molecule has 0 saturated heterocycles. The van der Waals surface area contributed by atoms with Crippen LogP contribution in [0.1, 0.15) is 43.7 Å². The molecule has 1 atom stereocenters. The van der Waals surface area contributed by atoms with E-state index in [1.807, 2.05) is 6.92 Å². The Hall–Kier alpha value is -3.43. The highest BCUT2D eigenvalue weighted by molar-refractivity contribution is 7.92. The van der Waals surface area contributed by atoms with Gasteiger partial charge in [0.05, 0.1) is 10.6 Å². The number of nitrogens with zero attached hydrogens (tertiary/aromatic N) is 2. The summed E-state index contributed by atoms with van der Waals surface area (Å²) in [6.45, 7) is 2.91. The summed E-state index contributed by atoms with van der Waals surface area (Å²) in [5.74, 6) is -1.32. The van der Waals surface area contributed by atoms with Crippen LogP contribution < -0.4 is 9.62 Å². The molecular formula is C30H33ClFN3O4S. The number of sulfonamides is 1. The third kappa shape index (κ3) is 7.20. The number of carbonyl (C=O) groups excluding carboxylic acids is 2. The van der Waals surface area contributed by atoms with Crippen molar-refractivity contribution in [3.8, 4) is 0 Å². The summed E-state index contributed by atoms with van der Waals surface area (Å²) in [4.78, 5) is 28.5. The normalized spacial score (nSPS) is 14.5. The number of hydrogen-bond donors (Lipinski definition) is 1. The fraction of sp³-hybridized carbons (Fsp3) is 0.333. The maximum absolute atomic E-state index is 13.9. The predicted octanol–water partition coefficient (Wildman–Crippen LogP) is 5.46. The van der Waals surface area contributed by atoms with Crippen molar-refractivity contribution in [2.75, 3.05) is 10.8 Å². The first-order valence-electron chi connectivity index (χ1n) is 13.2. The third-order valence-electron chi connectivity index (χ3n) is 7.14. The van der Waals surface area contributed by atoms with Gasteiger partial charge in [0, 0.05) is 17.6 Å². The summed E-state index contributed by atoms with van der Waals surface area (Å²) < 4.78 is 42.2. The smallest absolute Gasteiger partial charge is 0.264 e. The second-order valence-electron chi connectivity index (χ2n) is 10.1. The molecule has 1 N–H and O–H groups in total. The maximum atomic E-state index is 13.9. The summed E-state index contributed by atoms with van der Waals surface area (Å²) in [5, 5.41) is 3.44. The highest BCUT2D eigenvalue weighted by Crippen LogP contribution is 2.26. The summed E-state index contributed by atoms with van der Waals surface area (Å²) in [7, 11) is -4.16. The lowest BCUT2D eigenvalue weighted by atomic mass is 10.1. The highest BCUT2D eigenvalue weighted by Gasteiger charge is 2.33. The van der Waals surface area contributed by atoms with Gasteiger partial charge in [-0.3, -0.25) is 13.9 Å². The molecule has 4 rings (SSSR count). The number of aryl methyl sites for hydroxylation is 1. The van der Waals surface area contributed by atoms with E-state index in [0.717, 1.165) is 35.6 Å². The minimum absolute atomic E-state index is 0.00258. The van der Waals surface area contributed by atoms with E-state index < -0.39 is 34.3 Å². The standard InChI is InChI=1S/C30H33ClFN3O4S/c1-21-7-17-28(18-8-21)40(38,39)35(27-15-11-24(31)12-16-27)20-29(36)34(19-23-9-13-25(32)14-10-23)22(2)30(37)33-26-5-3-4-6-26/h7-18,22,26H,3-6,19-20H2,1-2H3,(H,33,37)/t22-/m1/s1. The number of hydrogen-bond acceptors (Lipinski definition) is 4. The first kappa shape index (κ1) is 29.6. The lowest BCUT2D eigenvalue weighted by molar-refractivity contribution is -0.139. The van der Waals surface area contributed by atoms with E-state index in [2.05, 4.69) is 5.32 Å². The molecule has 0 heterocycles. The molecule has 0 aliphatic heterocycles. The van der Waals surface area contributed by atoms with Gasteiger partial charge in [0.2, 0.25) is 11.8 Å². The molecule has 0 unspecified atom stereocenters. The van der Waals surface area contributed by atoms with Crippen molar-refractivity contribution >= 4 is 39.1 Å². The highest BCUT2D eigenvalue weighted by atomic mass is 35.5. The molecule has 10 heteroatoms. The zero-order chi connectivity index (χ0) is 28.9. The van der Waals surface area contributed by atoms with E-state index in [-0.39, 0.29) is 29.1 Å². The fourth-order valence-corrected chi connectivity index (χ4v) is 6.27. The van der Waals surface area contributed by atoms with Crippen LogP contribution in [-0.2, 0) is 26.2 Å². The lowest BCUT2D eigenvalue weighted by Gasteiger charge is -2.32. The van der Waals surface area contributed by atoms with Crippen molar-refractivity contribution in [1.29, 1.82) is 0 Å². The maximum Gasteiger partial charge on any atom is 0.264 e. The average molecular weight is 586 g/mol. The number of anilines is 1. The van der Waals surface area contributed by atoms with E-state index in [9.17, 15) is 22.4 Å². The van der Waals surface area contributed by atoms with Gasteiger partial charge in [-0.1, -0.05) is 54.3 Å². The Morgan fingerprint density at radius 1 is 0.975 bits per heavy atom. The van der Waals surface area contributed by atoms with Crippen LogP contribution in [0.2, 0.25) is 5.02 Å². The molecule has 1 aliphatic rings. The van der Waals surface area contributed by atoms with Crippen LogP contribution in [0.5, 0.6) is 0 Å². The second-order valence-corrected chi connectivity index (χ2v) is 12.4. The Morgan fingerprint density at radius 2 is 1.57 bits per heavy atom. The number of benzene rings is 3. The van der Waals surface area contributed by atoms with Crippen LogP contribution in [-0.4, -0.2) is 43.8 Å². The summed E-state index contributed by atoms with van der Waals surface area (Å²) >= 11 is 6.05. The number of halogens is 2. The van der Waals surface area contributed by atoms with E-state index in [4.69, 9.17) is 11.6 Å². The van der Waals surface area contributed by atoms with Gasteiger partial charge in [-0.05, 0) is 80.8 Å². The van der Waals surface area contributed by atoms with Crippen molar-refractivity contribution in [2.24, 2.45) is 0 Å². The zero-order valence-electron chi connectivity index (χ0n) is 22.5. The van der Waals surface area contributed by atoms with Crippen molar-refractivity contribution < 1.29 is 22.4 Å². The number of nitrogens with one attached hydrogen (secondary N) is 1. The molecule has 212 valence electrons. The molecule has 40 heavy (non-hydrogen) atoms. The van der Waals surface area contributed by atoms with Crippen LogP contribution in [0, 0.1) is 12.7 Å². The quantitative estimate of drug-likeness (QED) is 0.342. The Labute approximate surface area is 240 Å². The number of carbonyl (C=O) groups is 2. The van der Waals surface area contributed by atoms with Gasteiger partial charge < -0.3 is 10.2 Å². The molecule has 1 saturated carbocycles. The van der Waals surface area contributed by atoms with Crippen LogP contribution in [0.25, 0.3) is 0 Å². The summed E-state index contributed by atoms with van der Waals surface area (Å²) in [6, 6.07) is 17.3. The monoisotopic (exact) mass is 585 g/mol. The molecule has 0 spiro atoms. The van der Waals surface area contributed by atoms with Crippen molar-refractivity contribution in [1.82, 2.24) is 10.2 Å². The zero-order valence-corrected chi connectivity index (χ0v) is 24.1. The van der Waals surface area contributed by atoms with E-state index in [1.54, 1.807) is 31.2 Å². The molecule has 0 bridgehead atoms. The third-order valence-corrected chi connectivity index (χ3v) is 9.18. The van der Waals surface area contributed by atoms with E-state index in [0.29, 0.717) is 10.6 Å².